The van der Waals surface area contributed by atoms with Crippen LogP contribution in [0, 0.1) is 5.92 Å². The molecular weight excluding hydrogens is 228 g/mol. The Labute approximate surface area is 110 Å². The Morgan fingerprint density at radius 1 is 1.11 bits per heavy atom. The number of rotatable bonds is 9. The molecule has 102 valence electrons. The number of methoxy groups -OCH3 is 2. The highest BCUT2D eigenvalue weighted by molar-refractivity contribution is 5.27. The Hall–Kier alpha value is -1.06. The minimum absolute atomic E-state index is 0.249. The van der Waals surface area contributed by atoms with Crippen molar-refractivity contribution in [1.82, 2.24) is 0 Å². The number of hydrogen-bond acceptors (Lipinski definition) is 3. The van der Waals surface area contributed by atoms with Gasteiger partial charge in [0.15, 0.2) is 0 Å². The summed E-state index contributed by atoms with van der Waals surface area (Å²) in [5.74, 6) is 1.22. The van der Waals surface area contributed by atoms with E-state index in [2.05, 4.69) is 12.1 Å². The van der Waals surface area contributed by atoms with E-state index < -0.39 is 0 Å². The highest BCUT2D eigenvalue weighted by Crippen LogP contribution is 2.17. The van der Waals surface area contributed by atoms with Crippen LogP contribution in [-0.2, 0) is 11.2 Å². The molecular formula is C15H24O3. The van der Waals surface area contributed by atoms with Gasteiger partial charge in [-0.15, -0.1) is 0 Å². The number of unbranched alkanes of at least 4 members (excludes halogenated alkanes) is 1. The molecule has 1 atom stereocenters. The maximum absolute atomic E-state index is 9.39. The topological polar surface area (TPSA) is 38.7 Å². The number of aliphatic hydroxyl groups excluding tert-OH is 1. The van der Waals surface area contributed by atoms with E-state index >= 15 is 0 Å². The molecule has 0 heterocycles. The Morgan fingerprint density at radius 2 is 1.83 bits per heavy atom. The average Bonchev–Trinajstić information content (AvgIpc) is 2.43. The first kappa shape index (κ1) is 15.0. The van der Waals surface area contributed by atoms with Gasteiger partial charge in [-0.05, 0) is 42.9 Å². The maximum Gasteiger partial charge on any atom is 0.118 e. The van der Waals surface area contributed by atoms with Crippen molar-refractivity contribution in [2.24, 2.45) is 5.92 Å². The quantitative estimate of drug-likeness (QED) is 0.687. The second kappa shape index (κ2) is 8.95. The molecule has 0 fully saturated rings. The van der Waals surface area contributed by atoms with Crippen molar-refractivity contribution in [2.75, 3.05) is 27.4 Å². The van der Waals surface area contributed by atoms with Gasteiger partial charge in [-0.1, -0.05) is 18.6 Å². The maximum atomic E-state index is 9.39. The van der Waals surface area contributed by atoms with Crippen molar-refractivity contribution in [3.63, 3.8) is 0 Å². The summed E-state index contributed by atoms with van der Waals surface area (Å²) in [6, 6.07) is 8.07. The molecule has 0 saturated heterocycles. The van der Waals surface area contributed by atoms with Gasteiger partial charge >= 0.3 is 0 Å². The van der Waals surface area contributed by atoms with Crippen molar-refractivity contribution in [3.05, 3.63) is 29.8 Å². The van der Waals surface area contributed by atoms with Gasteiger partial charge in [0, 0.05) is 20.3 Å². The van der Waals surface area contributed by atoms with E-state index in [0.29, 0.717) is 5.92 Å². The summed E-state index contributed by atoms with van der Waals surface area (Å²) in [6.45, 7) is 1.06. The smallest absolute Gasteiger partial charge is 0.118 e. The summed E-state index contributed by atoms with van der Waals surface area (Å²) in [5.41, 5.74) is 1.25. The Bertz CT molecular complexity index is 308. The summed E-state index contributed by atoms with van der Waals surface area (Å²) in [4.78, 5) is 0. The van der Waals surface area contributed by atoms with Crippen LogP contribution in [0.1, 0.15) is 24.8 Å². The van der Waals surface area contributed by atoms with Crippen molar-refractivity contribution < 1.29 is 14.6 Å². The van der Waals surface area contributed by atoms with Gasteiger partial charge in [0.2, 0.25) is 0 Å². The Kier molecular flexibility index (Phi) is 7.46. The fraction of sp³-hybridized carbons (Fsp3) is 0.600. The first-order chi connectivity index (χ1) is 8.80. The highest BCUT2D eigenvalue weighted by atomic mass is 16.5. The van der Waals surface area contributed by atoms with E-state index in [1.54, 1.807) is 14.2 Å². The molecule has 0 bridgehead atoms. The third-order valence-electron chi connectivity index (χ3n) is 3.15. The molecule has 1 unspecified atom stereocenters. The standard InChI is InChI=1S/C15H24O3/c1-17-10-4-3-5-14(12-16)11-13-6-8-15(18-2)9-7-13/h6-9,14,16H,3-5,10-12H2,1-2H3. The third kappa shape index (κ3) is 5.52. The lowest BCUT2D eigenvalue weighted by Crippen LogP contribution is -2.10. The number of ether oxygens (including phenoxy) is 2. The van der Waals surface area contributed by atoms with Crippen molar-refractivity contribution in [1.29, 1.82) is 0 Å². The zero-order valence-electron chi connectivity index (χ0n) is 11.4. The molecule has 1 aromatic carbocycles. The van der Waals surface area contributed by atoms with E-state index in [-0.39, 0.29) is 6.61 Å². The van der Waals surface area contributed by atoms with Crippen molar-refractivity contribution in [2.45, 2.75) is 25.7 Å². The lowest BCUT2D eigenvalue weighted by Gasteiger charge is -2.14. The average molecular weight is 252 g/mol. The zero-order chi connectivity index (χ0) is 13.2. The van der Waals surface area contributed by atoms with Crippen LogP contribution in [0.25, 0.3) is 0 Å². The van der Waals surface area contributed by atoms with Crippen LogP contribution in [0.15, 0.2) is 24.3 Å². The van der Waals surface area contributed by atoms with Gasteiger partial charge in [0.1, 0.15) is 5.75 Å². The lowest BCUT2D eigenvalue weighted by molar-refractivity contribution is 0.181. The number of hydrogen-bond donors (Lipinski definition) is 1. The molecule has 0 saturated carbocycles. The second-order valence-electron chi connectivity index (χ2n) is 4.59. The fourth-order valence-corrected chi connectivity index (χ4v) is 2.03. The number of benzene rings is 1. The fourth-order valence-electron chi connectivity index (χ4n) is 2.03. The first-order valence-corrected chi connectivity index (χ1v) is 6.53. The molecule has 18 heavy (non-hydrogen) atoms. The predicted molar refractivity (Wildman–Crippen MR) is 73.0 cm³/mol. The molecule has 0 aliphatic carbocycles. The van der Waals surface area contributed by atoms with Gasteiger partial charge < -0.3 is 14.6 Å². The molecule has 0 radical (unpaired) electrons. The minimum Gasteiger partial charge on any atom is -0.497 e. The van der Waals surface area contributed by atoms with E-state index in [9.17, 15) is 5.11 Å². The van der Waals surface area contributed by atoms with Crippen LogP contribution >= 0.6 is 0 Å². The SMILES string of the molecule is COCCCCC(CO)Cc1ccc(OC)cc1. The zero-order valence-corrected chi connectivity index (χ0v) is 11.4. The van der Waals surface area contributed by atoms with Gasteiger partial charge in [0.25, 0.3) is 0 Å². The minimum atomic E-state index is 0.249. The summed E-state index contributed by atoms with van der Waals surface area (Å²) in [7, 11) is 3.39. The molecule has 0 spiro atoms. The van der Waals surface area contributed by atoms with Gasteiger partial charge in [-0.2, -0.15) is 0 Å². The van der Waals surface area contributed by atoms with E-state index in [4.69, 9.17) is 9.47 Å². The first-order valence-electron chi connectivity index (χ1n) is 6.53. The van der Waals surface area contributed by atoms with Crippen molar-refractivity contribution >= 4 is 0 Å². The molecule has 0 aliphatic heterocycles. The van der Waals surface area contributed by atoms with Gasteiger partial charge in [-0.25, -0.2) is 0 Å². The van der Waals surface area contributed by atoms with E-state index in [1.807, 2.05) is 12.1 Å². The summed E-state index contributed by atoms with van der Waals surface area (Å²) < 4.78 is 10.2. The van der Waals surface area contributed by atoms with E-state index in [0.717, 1.165) is 38.0 Å². The molecule has 1 aromatic rings. The Balaban J connectivity index is 2.36. The second-order valence-corrected chi connectivity index (χ2v) is 4.59. The van der Waals surface area contributed by atoms with Crippen LogP contribution in [0.3, 0.4) is 0 Å². The van der Waals surface area contributed by atoms with Crippen LogP contribution in [0.2, 0.25) is 0 Å². The van der Waals surface area contributed by atoms with Crippen molar-refractivity contribution in [3.8, 4) is 5.75 Å². The third-order valence-corrected chi connectivity index (χ3v) is 3.15. The van der Waals surface area contributed by atoms with Crippen LogP contribution in [0.4, 0.5) is 0 Å². The number of aliphatic hydroxyl groups is 1. The van der Waals surface area contributed by atoms with Crippen LogP contribution in [-0.4, -0.2) is 32.5 Å². The Morgan fingerprint density at radius 3 is 2.39 bits per heavy atom. The monoisotopic (exact) mass is 252 g/mol. The molecule has 0 amide bonds. The lowest BCUT2D eigenvalue weighted by atomic mass is 9.95. The molecule has 3 heteroatoms. The normalized spacial score (nSPS) is 12.4. The molecule has 1 N–H and O–H groups in total. The summed E-state index contributed by atoms with van der Waals surface area (Å²) in [5, 5.41) is 9.39. The van der Waals surface area contributed by atoms with E-state index in [1.165, 1.54) is 5.56 Å². The van der Waals surface area contributed by atoms with Gasteiger partial charge in [-0.3, -0.25) is 0 Å². The van der Waals surface area contributed by atoms with Crippen LogP contribution in [0.5, 0.6) is 5.75 Å². The molecule has 0 aliphatic rings. The highest BCUT2D eigenvalue weighted by Gasteiger charge is 2.08. The van der Waals surface area contributed by atoms with Crippen LogP contribution < -0.4 is 4.74 Å². The van der Waals surface area contributed by atoms with Gasteiger partial charge in [0.05, 0.1) is 7.11 Å². The molecule has 0 aromatic heterocycles. The largest absolute Gasteiger partial charge is 0.497 e. The molecule has 1 rings (SSSR count). The molecule has 3 nitrogen and oxygen atoms in total. The summed E-state index contributed by atoms with van der Waals surface area (Å²) in [6.07, 6.45) is 4.14. The predicted octanol–water partition coefficient (Wildman–Crippen LogP) is 2.66. The summed E-state index contributed by atoms with van der Waals surface area (Å²) >= 11 is 0.